The Bertz CT molecular complexity index is 871. The number of carbonyl (C=O) groups is 3. The van der Waals surface area contributed by atoms with Gasteiger partial charge in [-0.2, -0.15) is 0 Å². The lowest BCUT2D eigenvalue weighted by atomic mass is 10.2. The van der Waals surface area contributed by atoms with Crippen LogP contribution in [0.4, 0.5) is 0 Å². The molecule has 0 aromatic heterocycles. The fourth-order valence-corrected chi connectivity index (χ4v) is 3.78. The second kappa shape index (κ2) is 14.2. The molecule has 0 saturated carbocycles. The van der Waals surface area contributed by atoms with Crippen molar-refractivity contribution in [2.45, 2.75) is 13.2 Å². The molecule has 1 saturated heterocycles. The van der Waals surface area contributed by atoms with Gasteiger partial charge < -0.3 is 14.6 Å². The fourth-order valence-electron chi connectivity index (χ4n) is 3.78. The third-order valence-corrected chi connectivity index (χ3v) is 5.75. The van der Waals surface area contributed by atoms with E-state index >= 15 is 0 Å². The zero-order valence-electron chi connectivity index (χ0n) is 19.9. The van der Waals surface area contributed by atoms with E-state index in [1.165, 1.54) is 0 Å². The van der Waals surface area contributed by atoms with Crippen LogP contribution in [0.25, 0.3) is 0 Å². The summed E-state index contributed by atoms with van der Waals surface area (Å²) in [6, 6.07) is 18.9. The van der Waals surface area contributed by atoms with Crippen molar-refractivity contribution in [1.82, 2.24) is 14.7 Å². The Hall–Kier alpha value is -3.27. The molecule has 188 valence electrons. The van der Waals surface area contributed by atoms with E-state index in [-0.39, 0.29) is 44.8 Å². The molecule has 9 nitrogen and oxygen atoms in total. The highest BCUT2D eigenvalue weighted by Gasteiger charge is 2.21. The van der Waals surface area contributed by atoms with Gasteiger partial charge in [-0.05, 0) is 11.1 Å². The number of ether oxygens (including phenoxy) is 2. The summed E-state index contributed by atoms with van der Waals surface area (Å²) in [5.41, 5.74) is 1.83. The molecule has 2 aromatic rings. The quantitative estimate of drug-likeness (QED) is 0.504. The number of aliphatic carboxylic acids is 1. The summed E-state index contributed by atoms with van der Waals surface area (Å²) in [6.45, 7) is 3.67. The monoisotopic (exact) mass is 483 g/mol. The molecular formula is C26H33N3O6. The van der Waals surface area contributed by atoms with E-state index in [1.54, 1.807) is 0 Å². The minimum atomic E-state index is -0.910. The van der Waals surface area contributed by atoms with E-state index in [0.717, 1.165) is 11.1 Å². The second-order valence-corrected chi connectivity index (χ2v) is 8.51. The van der Waals surface area contributed by atoms with Crippen molar-refractivity contribution < 1.29 is 29.0 Å². The van der Waals surface area contributed by atoms with Gasteiger partial charge in [0.15, 0.2) is 0 Å². The van der Waals surface area contributed by atoms with Gasteiger partial charge >= 0.3 is 17.9 Å². The lowest BCUT2D eigenvalue weighted by Gasteiger charge is -2.24. The summed E-state index contributed by atoms with van der Waals surface area (Å²) in [5, 5.41) is 9.26. The molecule has 0 aliphatic carbocycles. The Balaban J connectivity index is 1.53. The maximum atomic E-state index is 12.4. The molecule has 2 aromatic carbocycles. The maximum Gasteiger partial charge on any atom is 0.320 e. The molecule has 0 atom stereocenters. The first-order valence-corrected chi connectivity index (χ1v) is 11.8. The summed E-state index contributed by atoms with van der Waals surface area (Å²) < 4.78 is 10.8. The number of benzene rings is 2. The number of hydrogen-bond donors (Lipinski definition) is 1. The van der Waals surface area contributed by atoms with Gasteiger partial charge in [0.25, 0.3) is 0 Å². The molecule has 0 radical (unpaired) electrons. The Kier molecular flexibility index (Phi) is 10.7. The topological polar surface area (TPSA) is 99.6 Å². The molecule has 0 spiro atoms. The van der Waals surface area contributed by atoms with E-state index in [1.807, 2.05) is 75.4 Å². The number of carbonyl (C=O) groups excluding carboxylic acids is 2. The zero-order valence-corrected chi connectivity index (χ0v) is 19.9. The smallest absolute Gasteiger partial charge is 0.320 e. The molecule has 35 heavy (non-hydrogen) atoms. The van der Waals surface area contributed by atoms with Crippen molar-refractivity contribution in [3.63, 3.8) is 0 Å². The molecule has 0 amide bonds. The van der Waals surface area contributed by atoms with Gasteiger partial charge in [0, 0.05) is 39.3 Å². The number of esters is 2. The predicted molar refractivity (Wildman–Crippen MR) is 129 cm³/mol. The van der Waals surface area contributed by atoms with E-state index in [9.17, 15) is 19.5 Å². The Morgan fingerprint density at radius 3 is 1.29 bits per heavy atom. The lowest BCUT2D eigenvalue weighted by molar-refractivity contribution is -0.148. The molecule has 1 aliphatic heterocycles. The average molecular weight is 484 g/mol. The standard InChI is InChI=1S/C26H33N3O6/c30-24(31)17-27-11-13-28(18-25(32)34-20-22-7-3-1-4-8-22)15-16-29(14-12-27)19-26(33)35-21-23-9-5-2-6-10-23/h1-10H,11-21H2,(H,30,31). The van der Waals surface area contributed by atoms with E-state index in [2.05, 4.69) is 0 Å². The van der Waals surface area contributed by atoms with E-state index < -0.39 is 5.97 Å². The first kappa shape index (κ1) is 26.3. The van der Waals surface area contributed by atoms with Crippen molar-refractivity contribution >= 4 is 17.9 Å². The normalized spacial score (nSPS) is 16.0. The fraction of sp³-hybridized carbons (Fsp3) is 0.423. The summed E-state index contributed by atoms with van der Waals surface area (Å²) >= 11 is 0. The minimum absolute atomic E-state index is 0.0973. The highest BCUT2D eigenvalue weighted by Crippen LogP contribution is 2.05. The van der Waals surface area contributed by atoms with Crippen LogP contribution in [0.1, 0.15) is 11.1 Å². The molecule has 1 N–H and O–H groups in total. The zero-order chi connectivity index (χ0) is 24.9. The van der Waals surface area contributed by atoms with Crippen LogP contribution in [-0.2, 0) is 37.1 Å². The van der Waals surface area contributed by atoms with Crippen molar-refractivity contribution in [1.29, 1.82) is 0 Å². The van der Waals surface area contributed by atoms with Gasteiger partial charge in [-0.3, -0.25) is 29.1 Å². The van der Waals surface area contributed by atoms with Crippen molar-refractivity contribution in [2.75, 3.05) is 58.9 Å². The van der Waals surface area contributed by atoms with Crippen molar-refractivity contribution in [3.8, 4) is 0 Å². The highest BCUT2D eigenvalue weighted by molar-refractivity contribution is 5.72. The van der Waals surface area contributed by atoms with Crippen LogP contribution in [0, 0.1) is 0 Å². The molecule has 9 heteroatoms. The predicted octanol–water partition coefficient (Wildman–Crippen LogP) is 1.48. The van der Waals surface area contributed by atoms with Crippen LogP contribution in [0.5, 0.6) is 0 Å². The summed E-state index contributed by atoms with van der Waals surface area (Å²) in [5.74, 6) is -1.59. The molecular weight excluding hydrogens is 450 g/mol. The van der Waals surface area contributed by atoms with Gasteiger partial charge in [-0.1, -0.05) is 60.7 Å². The molecule has 1 heterocycles. The van der Waals surface area contributed by atoms with Crippen molar-refractivity contribution in [2.24, 2.45) is 0 Å². The van der Waals surface area contributed by atoms with Crippen LogP contribution >= 0.6 is 0 Å². The van der Waals surface area contributed by atoms with Gasteiger partial charge in [-0.25, -0.2) is 0 Å². The SMILES string of the molecule is O=C(O)CN1CCN(CC(=O)OCc2ccccc2)CCN(CC(=O)OCc2ccccc2)CC1. The summed E-state index contributed by atoms with van der Waals surface area (Å²) in [6.07, 6.45) is 0. The highest BCUT2D eigenvalue weighted by atomic mass is 16.5. The molecule has 0 unspecified atom stereocenters. The van der Waals surface area contributed by atoms with Gasteiger partial charge in [0.2, 0.25) is 0 Å². The maximum absolute atomic E-state index is 12.4. The van der Waals surface area contributed by atoms with Crippen LogP contribution in [-0.4, -0.2) is 96.6 Å². The van der Waals surface area contributed by atoms with Gasteiger partial charge in [0.05, 0.1) is 19.6 Å². The van der Waals surface area contributed by atoms with E-state index in [4.69, 9.17) is 9.47 Å². The third kappa shape index (κ3) is 10.3. The van der Waals surface area contributed by atoms with Gasteiger partial charge in [0.1, 0.15) is 13.2 Å². The van der Waals surface area contributed by atoms with Crippen LogP contribution < -0.4 is 0 Å². The number of carboxylic acids is 1. The van der Waals surface area contributed by atoms with Crippen LogP contribution in [0.3, 0.4) is 0 Å². The van der Waals surface area contributed by atoms with Gasteiger partial charge in [-0.15, -0.1) is 0 Å². The number of nitrogens with zero attached hydrogens (tertiary/aromatic N) is 3. The number of carboxylic acid groups (broad SMARTS) is 1. The Morgan fingerprint density at radius 1 is 0.600 bits per heavy atom. The number of hydrogen-bond acceptors (Lipinski definition) is 8. The molecule has 1 aliphatic rings. The molecule has 1 fully saturated rings. The second-order valence-electron chi connectivity index (χ2n) is 8.51. The minimum Gasteiger partial charge on any atom is -0.480 e. The average Bonchev–Trinajstić information content (AvgIpc) is 2.94. The Labute approximate surface area is 205 Å². The third-order valence-electron chi connectivity index (χ3n) is 5.75. The largest absolute Gasteiger partial charge is 0.480 e. The van der Waals surface area contributed by atoms with E-state index in [0.29, 0.717) is 39.3 Å². The molecule has 0 bridgehead atoms. The van der Waals surface area contributed by atoms with Crippen LogP contribution in [0.15, 0.2) is 60.7 Å². The summed E-state index contributed by atoms with van der Waals surface area (Å²) in [7, 11) is 0. The first-order valence-electron chi connectivity index (χ1n) is 11.8. The van der Waals surface area contributed by atoms with Crippen LogP contribution in [0.2, 0.25) is 0 Å². The summed E-state index contributed by atoms with van der Waals surface area (Å²) in [4.78, 5) is 41.9. The lowest BCUT2D eigenvalue weighted by Crippen LogP contribution is -2.41. The van der Waals surface area contributed by atoms with Crippen molar-refractivity contribution in [3.05, 3.63) is 71.8 Å². The first-order chi connectivity index (χ1) is 17.0. The Morgan fingerprint density at radius 2 is 0.943 bits per heavy atom. The number of rotatable bonds is 10. The molecule has 3 rings (SSSR count).